The summed E-state index contributed by atoms with van der Waals surface area (Å²) in [5.41, 5.74) is 3.63. The van der Waals surface area contributed by atoms with E-state index < -0.39 is 0 Å². The third kappa shape index (κ3) is 5.11. The second-order valence-corrected chi connectivity index (χ2v) is 5.52. The van der Waals surface area contributed by atoms with Gasteiger partial charge in [-0.05, 0) is 23.6 Å². The van der Waals surface area contributed by atoms with Crippen LogP contribution in [0.5, 0.6) is 0 Å². The lowest BCUT2D eigenvalue weighted by Gasteiger charge is -2.18. The van der Waals surface area contributed by atoms with Crippen LogP contribution in [-0.4, -0.2) is 31.3 Å². The highest BCUT2D eigenvalue weighted by molar-refractivity contribution is 5.79. The van der Waals surface area contributed by atoms with Crippen molar-refractivity contribution in [1.29, 1.82) is 0 Å². The van der Waals surface area contributed by atoms with E-state index in [1.807, 2.05) is 42.5 Å². The molecular formula is C19H25N3O. The maximum absolute atomic E-state index is 9.61. The summed E-state index contributed by atoms with van der Waals surface area (Å²) in [7, 11) is 1.75. The normalized spacial score (nSPS) is 12.7. The van der Waals surface area contributed by atoms with Crippen LogP contribution in [0.2, 0.25) is 0 Å². The number of benzene rings is 2. The van der Waals surface area contributed by atoms with Crippen molar-refractivity contribution in [3.8, 4) is 0 Å². The van der Waals surface area contributed by atoms with Crippen molar-refractivity contribution in [2.24, 2.45) is 4.99 Å². The molecule has 1 unspecified atom stereocenters. The molecule has 0 radical (unpaired) electrons. The van der Waals surface area contributed by atoms with Crippen LogP contribution in [0.1, 0.15) is 22.6 Å². The van der Waals surface area contributed by atoms with E-state index in [-0.39, 0.29) is 12.5 Å². The molecule has 0 saturated heterocycles. The van der Waals surface area contributed by atoms with Crippen LogP contribution in [0.3, 0.4) is 0 Å². The van der Waals surface area contributed by atoms with E-state index in [2.05, 4.69) is 34.7 Å². The zero-order valence-corrected chi connectivity index (χ0v) is 13.8. The first-order valence-electron chi connectivity index (χ1n) is 7.89. The zero-order chi connectivity index (χ0) is 16.5. The molecule has 0 spiro atoms. The molecule has 0 aromatic heterocycles. The standard InChI is InChI=1S/C19H25N3O/c1-15-8-6-7-11-17(15)12-21-19(20-2)22-13-18(14-23)16-9-4-3-5-10-16/h3-11,18,23H,12-14H2,1-2H3,(H2,20,21,22). The maximum atomic E-state index is 9.61. The molecule has 0 fully saturated rings. The molecule has 3 N–H and O–H groups in total. The highest BCUT2D eigenvalue weighted by Crippen LogP contribution is 2.13. The van der Waals surface area contributed by atoms with Gasteiger partial charge in [0.15, 0.2) is 5.96 Å². The first kappa shape index (κ1) is 17.0. The average Bonchev–Trinajstić information content (AvgIpc) is 2.60. The van der Waals surface area contributed by atoms with Crippen LogP contribution in [0.25, 0.3) is 0 Å². The van der Waals surface area contributed by atoms with E-state index in [0.29, 0.717) is 6.54 Å². The molecule has 1 atom stereocenters. The molecule has 4 nitrogen and oxygen atoms in total. The van der Waals surface area contributed by atoms with Crippen molar-refractivity contribution in [3.63, 3.8) is 0 Å². The quantitative estimate of drug-likeness (QED) is 0.567. The van der Waals surface area contributed by atoms with Gasteiger partial charge in [-0.15, -0.1) is 0 Å². The Kier molecular flexibility index (Phi) is 6.63. The van der Waals surface area contributed by atoms with Gasteiger partial charge in [-0.25, -0.2) is 0 Å². The Morgan fingerprint density at radius 3 is 2.39 bits per heavy atom. The number of aryl methyl sites for hydroxylation is 1. The number of rotatable bonds is 6. The monoisotopic (exact) mass is 311 g/mol. The van der Waals surface area contributed by atoms with E-state index in [0.717, 1.165) is 18.1 Å². The van der Waals surface area contributed by atoms with E-state index in [9.17, 15) is 5.11 Å². The fraction of sp³-hybridized carbons (Fsp3) is 0.316. The van der Waals surface area contributed by atoms with E-state index in [1.54, 1.807) is 7.05 Å². The first-order valence-corrected chi connectivity index (χ1v) is 7.89. The molecule has 4 heteroatoms. The molecule has 0 aliphatic heterocycles. The topological polar surface area (TPSA) is 56.7 Å². The Hall–Kier alpha value is -2.33. The summed E-state index contributed by atoms with van der Waals surface area (Å²) in [4.78, 5) is 4.25. The molecule has 0 bridgehead atoms. The molecular weight excluding hydrogens is 286 g/mol. The molecule has 2 aromatic carbocycles. The highest BCUT2D eigenvalue weighted by atomic mass is 16.3. The average molecular weight is 311 g/mol. The molecule has 0 aliphatic rings. The smallest absolute Gasteiger partial charge is 0.191 e. The second kappa shape index (κ2) is 8.96. The fourth-order valence-corrected chi connectivity index (χ4v) is 2.44. The Balaban J connectivity index is 1.88. The highest BCUT2D eigenvalue weighted by Gasteiger charge is 2.10. The van der Waals surface area contributed by atoms with Crippen molar-refractivity contribution in [3.05, 3.63) is 71.3 Å². The van der Waals surface area contributed by atoms with Crippen molar-refractivity contribution in [2.45, 2.75) is 19.4 Å². The number of aliphatic imine (C=N–C) groups is 1. The van der Waals surface area contributed by atoms with Gasteiger partial charge in [-0.3, -0.25) is 4.99 Å². The van der Waals surface area contributed by atoms with Crippen LogP contribution in [0.15, 0.2) is 59.6 Å². The molecule has 0 amide bonds. The summed E-state index contributed by atoms with van der Waals surface area (Å²) in [6.45, 7) is 3.56. The lowest BCUT2D eigenvalue weighted by Crippen LogP contribution is -2.39. The Bertz CT molecular complexity index is 626. The van der Waals surface area contributed by atoms with Crippen LogP contribution in [0, 0.1) is 6.92 Å². The van der Waals surface area contributed by atoms with Crippen LogP contribution >= 0.6 is 0 Å². The predicted molar refractivity (Wildman–Crippen MR) is 95.6 cm³/mol. The largest absolute Gasteiger partial charge is 0.396 e. The van der Waals surface area contributed by atoms with Gasteiger partial charge in [0.2, 0.25) is 0 Å². The molecule has 2 aromatic rings. The van der Waals surface area contributed by atoms with Crippen molar-refractivity contribution < 1.29 is 5.11 Å². The minimum atomic E-state index is 0.0493. The number of hydrogen-bond acceptors (Lipinski definition) is 2. The number of aliphatic hydroxyl groups excluding tert-OH is 1. The van der Waals surface area contributed by atoms with Gasteiger partial charge in [0.05, 0.1) is 6.61 Å². The van der Waals surface area contributed by atoms with Gasteiger partial charge in [0.1, 0.15) is 0 Å². The van der Waals surface area contributed by atoms with Gasteiger partial charge >= 0.3 is 0 Å². The van der Waals surface area contributed by atoms with Crippen molar-refractivity contribution >= 4 is 5.96 Å². The molecule has 23 heavy (non-hydrogen) atoms. The van der Waals surface area contributed by atoms with Crippen LogP contribution in [-0.2, 0) is 6.54 Å². The van der Waals surface area contributed by atoms with Gasteiger partial charge in [0.25, 0.3) is 0 Å². The van der Waals surface area contributed by atoms with E-state index in [4.69, 9.17) is 0 Å². The fourth-order valence-electron chi connectivity index (χ4n) is 2.44. The Morgan fingerprint density at radius 1 is 1.04 bits per heavy atom. The molecule has 2 rings (SSSR count). The molecule has 0 saturated carbocycles. The lowest BCUT2D eigenvalue weighted by atomic mass is 10.0. The Labute approximate surface area is 138 Å². The summed E-state index contributed by atoms with van der Waals surface area (Å²) >= 11 is 0. The molecule has 0 aliphatic carbocycles. The van der Waals surface area contributed by atoms with Crippen molar-refractivity contribution in [2.75, 3.05) is 20.2 Å². The number of hydrogen-bond donors (Lipinski definition) is 3. The summed E-state index contributed by atoms with van der Waals surface area (Å²) in [5.74, 6) is 0.788. The summed E-state index contributed by atoms with van der Waals surface area (Å²) in [5, 5.41) is 16.2. The van der Waals surface area contributed by atoms with Gasteiger partial charge < -0.3 is 15.7 Å². The predicted octanol–water partition coefficient (Wildman–Crippen LogP) is 2.44. The number of nitrogens with one attached hydrogen (secondary N) is 2. The lowest BCUT2D eigenvalue weighted by molar-refractivity contribution is 0.265. The Morgan fingerprint density at radius 2 is 1.74 bits per heavy atom. The number of nitrogens with zero attached hydrogens (tertiary/aromatic N) is 1. The second-order valence-electron chi connectivity index (χ2n) is 5.52. The maximum Gasteiger partial charge on any atom is 0.191 e. The van der Waals surface area contributed by atoms with Gasteiger partial charge in [0, 0.05) is 26.1 Å². The minimum absolute atomic E-state index is 0.0493. The SMILES string of the molecule is CN=C(NCc1ccccc1C)NCC(CO)c1ccccc1. The van der Waals surface area contributed by atoms with E-state index >= 15 is 0 Å². The number of guanidine groups is 1. The summed E-state index contributed by atoms with van der Waals surface area (Å²) in [6, 6.07) is 18.3. The van der Waals surface area contributed by atoms with Gasteiger partial charge in [-0.1, -0.05) is 54.6 Å². The summed E-state index contributed by atoms with van der Waals surface area (Å²) < 4.78 is 0. The minimum Gasteiger partial charge on any atom is -0.396 e. The first-order chi connectivity index (χ1) is 11.2. The third-order valence-electron chi connectivity index (χ3n) is 3.94. The number of aliphatic hydroxyl groups is 1. The third-order valence-corrected chi connectivity index (χ3v) is 3.94. The van der Waals surface area contributed by atoms with Crippen LogP contribution < -0.4 is 10.6 Å². The molecule has 122 valence electrons. The zero-order valence-electron chi connectivity index (χ0n) is 13.8. The van der Waals surface area contributed by atoms with Gasteiger partial charge in [-0.2, -0.15) is 0 Å². The summed E-state index contributed by atoms with van der Waals surface area (Å²) in [6.07, 6.45) is 0. The molecule has 0 heterocycles. The van der Waals surface area contributed by atoms with Crippen LogP contribution in [0.4, 0.5) is 0 Å². The van der Waals surface area contributed by atoms with Crippen molar-refractivity contribution in [1.82, 2.24) is 10.6 Å². The van der Waals surface area contributed by atoms with E-state index in [1.165, 1.54) is 11.1 Å².